The summed E-state index contributed by atoms with van der Waals surface area (Å²) in [4.78, 5) is 2.61. The van der Waals surface area contributed by atoms with Gasteiger partial charge < -0.3 is 10.2 Å². The molecule has 2 unspecified atom stereocenters. The highest BCUT2D eigenvalue weighted by Crippen LogP contribution is 2.34. The van der Waals surface area contributed by atoms with Gasteiger partial charge in [0.15, 0.2) is 0 Å². The Morgan fingerprint density at radius 1 is 1.20 bits per heavy atom. The highest BCUT2D eigenvalue weighted by atomic mass is 15.1. The SMILES string of the molecule is CCCN1CCC(NC2CC2CC)CC1. The molecular weight excluding hydrogens is 184 g/mol. The Morgan fingerprint density at radius 3 is 2.47 bits per heavy atom. The van der Waals surface area contributed by atoms with Gasteiger partial charge in [0.1, 0.15) is 0 Å². The molecule has 1 aliphatic heterocycles. The summed E-state index contributed by atoms with van der Waals surface area (Å²) in [7, 11) is 0. The molecule has 0 aromatic heterocycles. The summed E-state index contributed by atoms with van der Waals surface area (Å²) < 4.78 is 0. The number of rotatable bonds is 5. The zero-order valence-electron chi connectivity index (χ0n) is 10.3. The molecule has 15 heavy (non-hydrogen) atoms. The predicted octanol–water partition coefficient (Wildman–Crippen LogP) is 2.25. The molecule has 2 atom stereocenters. The summed E-state index contributed by atoms with van der Waals surface area (Å²) >= 11 is 0. The summed E-state index contributed by atoms with van der Waals surface area (Å²) in [6, 6.07) is 1.69. The van der Waals surface area contributed by atoms with Crippen molar-refractivity contribution in [2.45, 2.75) is 58.0 Å². The molecule has 1 N–H and O–H groups in total. The zero-order chi connectivity index (χ0) is 10.7. The normalized spacial score (nSPS) is 33.2. The van der Waals surface area contributed by atoms with Gasteiger partial charge in [0.05, 0.1) is 0 Å². The molecular formula is C13H26N2. The summed E-state index contributed by atoms with van der Waals surface area (Å²) in [5, 5.41) is 3.83. The minimum atomic E-state index is 0.819. The Kier molecular flexibility index (Phi) is 4.04. The Balaban J connectivity index is 1.61. The van der Waals surface area contributed by atoms with Crippen molar-refractivity contribution in [3.63, 3.8) is 0 Å². The lowest BCUT2D eigenvalue weighted by Gasteiger charge is -2.32. The fraction of sp³-hybridized carbons (Fsp3) is 1.00. The number of hydrogen-bond donors (Lipinski definition) is 1. The van der Waals surface area contributed by atoms with Crippen LogP contribution in [0.4, 0.5) is 0 Å². The van der Waals surface area contributed by atoms with Gasteiger partial charge in [0.2, 0.25) is 0 Å². The first-order valence-corrected chi connectivity index (χ1v) is 6.81. The van der Waals surface area contributed by atoms with Crippen molar-refractivity contribution in [1.29, 1.82) is 0 Å². The van der Waals surface area contributed by atoms with Crippen molar-refractivity contribution in [3.05, 3.63) is 0 Å². The molecule has 1 saturated carbocycles. The van der Waals surface area contributed by atoms with Gasteiger partial charge in [-0.3, -0.25) is 0 Å². The molecule has 1 aliphatic carbocycles. The van der Waals surface area contributed by atoms with Crippen LogP contribution in [0, 0.1) is 5.92 Å². The van der Waals surface area contributed by atoms with E-state index in [1.807, 2.05) is 0 Å². The quantitative estimate of drug-likeness (QED) is 0.749. The lowest BCUT2D eigenvalue weighted by atomic mass is 10.0. The van der Waals surface area contributed by atoms with Crippen LogP contribution < -0.4 is 5.32 Å². The monoisotopic (exact) mass is 210 g/mol. The molecule has 2 heteroatoms. The second kappa shape index (κ2) is 5.31. The first kappa shape index (κ1) is 11.4. The van der Waals surface area contributed by atoms with Crippen LogP contribution in [0.3, 0.4) is 0 Å². The standard InChI is InChI=1S/C13H26N2/c1-3-7-15-8-5-12(6-9-15)14-13-10-11(13)4-2/h11-14H,3-10H2,1-2H3. The van der Waals surface area contributed by atoms with Crippen molar-refractivity contribution >= 4 is 0 Å². The number of piperidine rings is 1. The van der Waals surface area contributed by atoms with Crippen LogP contribution in [-0.2, 0) is 0 Å². The van der Waals surface area contributed by atoms with E-state index in [4.69, 9.17) is 0 Å². The molecule has 2 rings (SSSR count). The summed E-state index contributed by atoms with van der Waals surface area (Å²) in [6.07, 6.45) is 6.84. The van der Waals surface area contributed by atoms with Crippen LogP contribution in [-0.4, -0.2) is 36.6 Å². The topological polar surface area (TPSA) is 15.3 Å². The second-order valence-electron chi connectivity index (χ2n) is 5.29. The maximum absolute atomic E-state index is 3.83. The van der Waals surface area contributed by atoms with E-state index < -0.39 is 0 Å². The number of nitrogens with one attached hydrogen (secondary N) is 1. The van der Waals surface area contributed by atoms with Gasteiger partial charge in [-0.25, -0.2) is 0 Å². The third-order valence-corrected chi connectivity index (χ3v) is 4.02. The van der Waals surface area contributed by atoms with Crippen LogP contribution in [0.2, 0.25) is 0 Å². The molecule has 2 fully saturated rings. The molecule has 0 aromatic rings. The van der Waals surface area contributed by atoms with Crippen molar-refractivity contribution < 1.29 is 0 Å². The van der Waals surface area contributed by atoms with Crippen LogP contribution in [0.15, 0.2) is 0 Å². The van der Waals surface area contributed by atoms with E-state index >= 15 is 0 Å². The summed E-state index contributed by atoms with van der Waals surface area (Å²) in [5.41, 5.74) is 0. The third kappa shape index (κ3) is 3.18. The van der Waals surface area contributed by atoms with E-state index in [2.05, 4.69) is 24.1 Å². The molecule has 2 aliphatic rings. The average Bonchev–Trinajstić information content (AvgIpc) is 3.00. The maximum Gasteiger partial charge on any atom is 0.0102 e. The smallest absolute Gasteiger partial charge is 0.0102 e. The first-order chi connectivity index (χ1) is 7.33. The number of hydrogen-bond acceptors (Lipinski definition) is 2. The molecule has 88 valence electrons. The van der Waals surface area contributed by atoms with E-state index in [1.165, 1.54) is 51.7 Å². The van der Waals surface area contributed by atoms with Crippen LogP contribution in [0.25, 0.3) is 0 Å². The molecule has 0 spiro atoms. The van der Waals surface area contributed by atoms with E-state index in [0.29, 0.717) is 0 Å². The Labute approximate surface area is 94.4 Å². The lowest BCUT2D eigenvalue weighted by molar-refractivity contribution is 0.196. The summed E-state index contributed by atoms with van der Waals surface area (Å²) in [5.74, 6) is 0.999. The van der Waals surface area contributed by atoms with E-state index in [-0.39, 0.29) is 0 Å². The van der Waals surface area contributed by atoms with E-state index in [0.717, 1.165) is 18.0 Å². The van der Waals surface area contributed by atoms with Crippen molar-refractivity contribution in [1.82, 2.24) is 10.2 Å². The largest absolute Gasteiger partial charge is 0.311 e. The lowest BCUT2D eigenvalue weighted by Crippen LogP contribution is -2.43. The molecule has 0 aromatic carbocycles. The number of nitrogens with zero attached hydrogens (tertiary/aromatic N) is 1. The first-order valence-electron chi connectivity index (χ1n) is 6.81. The third-order valence-electron chi connectivity index (χ3n) is 4.02. The maximum atomic E-state index is 3.83. The predicted molar refractivity (Wildman–Crippen MR) is 65.1 cm³/mol. The van der Waals surface area contributed by atoms with Gasteiger partial charge in [0.25, 0.3) is 0 Å². The van der Waals surface area contributed by atoms with Gasteiger partial charge in [-0.1, -0.05) is 20.3 Å². The van der Waals surface area contributed by atoms with Crippen LogP contribution >= 0.6 is 0 Å². The van der Waals surface area contributed by atoms with Crippen molar-refractivity contribution in [2.75, 3.05) is 19.6 Å². The van der Waals surface area contributed by atoms with Gasteiger partial charge in [-0.15, -0.1) is 0 Å². The Hall–Kier alpha value is -0.0800. The second-order valence-corrected chi connectivity index (χ2v) is 5.29. The van der Waals surface area contributed by atoms with Gasteiger partial charge in [-0.2, -0.15) is 0 Å². The molecule has 2 nitrogen and oxygen atoms in total. The summed E-state index contributed by atoms with van der Waals surface area (Å²) in [6.45, 7) is 8.52. The molecule has 0 radical (unpaired) electrons. The van der Waals surface area contributed by atoms with E-state index in [9.17, 15) is 0 Å². The van der Waals surface area contributed by atoms with Crippen LogP contribution in [0.5, 0.6) is 0 Å². The highest BCUT2D eigenvalue weighted by molar-refractivity contribution is 4.94. The highest BCUT2D eigenvalue weighted by Gasteiger charge is 2.36. The van der Waals surface area contributed by atoms with Gasteiger partial charge >= 0.3 is 0 Å². The minimum absolute atomic E-state index is 0.819. The average molecular weight is 210 g/mol. The fourth-order valence-electron chi connectivity index (χ4n) is 2.85. The number of likely N-dealkylation sites (tertiary alicyclic amines) is 1. The molecule has 1 saturated heterocycles. The van der Waals surface area contributed by atoms with Gasteiger partial charge in [0, 0.05) is 12.1 Å². The minimum Gasteiger partial charge on any atom is -0.311 e. The van der Waals surface area contributed by atoms with Crippen molar-refractivity contribution in [2.24, 2.45) is 5.92 Å². The van der Waals surface area contributed by atoms with Crippen molar-refractivity contribution in [3.8, 4) is 0 Å². The molecule has 1 heterocycles. The van der Waals surface area contributed by atoms with Gasteiger partial charge in [-0.05, 0) is 51.2 Å². The fourth-order valence-corrected chi connectivity index (χ4v) is 2.85. The van der Waals surface area contributed by atoms with E-state index in [1.54, 1.807) is 0 Å². The Bertz CT molecular complexity index is 185. The van der Waals surface area contributed by atoms with Crippen LogP contribution in [0.1, 0.15) is 46.0 Å². The molecule has 0 bridgehead atoms. The Morgan fingerprint density at radius 2 is 1.93 bits per heavy atom. The molecule has 0 amide bonds. The zero-order valence-corrected chi connectivity index (χ0v) is 10.3.